The van der Waals surface area contributed by atoms with Gasteiger partial charge in [0.1, 0.15) is 6.10 Å². The molecule has 1 aliphatic heterocycles. The van der Waals surface area contributed by atoms with Crippen LogP contribution in [0, 0.1) is 0 Å². The molecule has 0 aromatic heterocycles. The summed E-state index contributed by atoms with van der Waals surface area (Å²) in [4.78, 5) is 13.9. The topological polar surface area (TPSA) is 38.8 Å². The monoisotopic (exact) mass is 263 g/mol. The van der Waals surface area contributed by atoms with Crippen molar-refractivity contribution in [2.24, 2.45) is 0 Å². The summed E-state index contributed by atoms with van der Waals surface area (Å²) in [5.74, 6) is 0. The van der Waals surface area contributed by atoms with Crippen LogP contribution in [-0.2, 0) is 9.47 Å². The van der Waals surface area contributed by atoms with Crippen LogP contribution < -0.4 is 0 Å². The standard InChI is InChI=1S/C15H21NO3/c1-2-18-15(17)19-14(12-16-10-6-7-11-16)13-8-4-3-5-9-13/h3-5,8-9,14H,2,6-7,10-12H2,1H3. The summed E-state index contributed by atoms with van der Waals surface area (Å²) in [6.07, 6.45) is 1.61. The maximum atomic E-state index is 11.5. The minimum Gasteiger partial charge on any atom is -0.435 e. The van der Waals surface area contributed by atoms with Gasteiger partial charge in [-0.2, -0.15) is 0 Å². The number of carbonyl (C=O) groups excluding carboxylic acids is 1. The summed E-state index contributed by atoms with van der Waals surface area (Å²) in [6.45, 7) is 5.01. The molecule has 1 heterocycles. The highest BCUT2D eigenvalue weighted by molar-refractivity contribution is 5.60. The molecule has 0 amide bonds. The van der Waals surface area contributed by atoms with Crippen LogP contribution in [0.4, 0.5) is 4.79 Å². The van der Waals surface area contributed by atoms with E-state index in [1.54, 1.807) is 6.92 Å². The van der Waals surface area contributed by atoms with Crippen LogP contribution in [0.25, 0.3) is 0 Å². The van der Waals surface area contributed by atoms with Crippen molar-refractivity contribution in [3.05, 3.63) is 35.9 Å². The van der Waals surface area contributed by atoms with Gasteiger partial charge in [0.15, 0.2) is 0 Å². The Labute approximate surface area is 114 Å². The number of hydrogen-bond acceptors (Lipinski definition) is 4. The third-order valence-corrected chi connectivity index (χ3v) is 3.29. The SMILES string of the molecule is CCOC(=O)OC(CN1CCCC1)c1ccccc1. The lowest BCUT2D eigenvalue weighted by molar-refractivity contribution is 0.0146. The molecule has 1 atom stereocenters. The maximum Gasteiger partial charge on any atom is 0.508 e. The Morgan fingerprint density at radius 1 is 1.26 bits per heavy atom. The molecule has 4 nitrogen and oxygen atoms in total. The van der Waals surface area contributed by atoms with Gasteiger partial charge in [-0.1, -0.05) is 30.3 Å². The third kappa shape index (κ3) is 4.24. The first kappa shape index (κ1) is 13.9. The first-order valence-electron chi connectivity index (χ1n) is 6.90. The van der Waals surface area contributed by atoms with Gasteiger partial charge >= 0.3 is 6.16 Å². The molecule has 1 aromatic rings. The predicted octanol–water partition coefficient (Wildman–Crippen LogP) is 3.00. The number of nitrogens with zero attached hydrogens (tertiary/aromatic N) is 1. The van der Waals surface area contributed by atoms with Crippen molar-refractivity contribution in [1.82, 2.24) is 4.90 Å². The van der Waals surface area contributed by atoms with E-state index >= 15 is 0 Å². The number of likely N-dealkylation sites (tertiary alicyclic amines) is 1. The Bertz CT molecular complexity index is 388. The van der Waals surface area contributed by atoms with Crippen molar-refractivity contribution in [2.45, 2.75) is 25.9 Å². The molecule has 2 rings (SSSR count). The van der Waals surface area contributed by atoms with E-state index in [-0.39, 0.29) is 6.10 Å². The molecule has 1 saturated heterocycles. The van der Waals surface area contributed by atoms with Crippen LogP contribution in [0.1, 0.15) is 31.4 Å². The zero-order valence-electron chi connectivity index (χ0n) is 11.4. The van der Waals surface area contributed by atoms with Gasteiger partial charge in [-0.3, -0.25) is 4.90 Å². The van der Waals surface area contributed by atoms with Crippen LogP contribution in [0.5, 0.6) is 0 Å². The number of carbonyl (C=O) groups is 1. The van der Waals surface area contributed by atoms with Crippen molar-refractivity contribution >= 4 is 6.16 Å². The van der Waals surface area contributed by atoms with E-state index in [4.69, 9.17) is 9.47 Å². The summed E-state index contributed by atoms with van der Waals surface area (Å²) in [5, 5.41) is 0. The highest BCUT2D eigenvalue weighted by atomic mass is 16.7. The summed E-state index contributed by atoms with van der Waals surface area (Å²) < 4.78 is 10.3. The minimum atomic E-state index is -0.587. The second-order valence-corrected chi connectivity index (χ2v) is 4.71. The molecule has 0 radical (unpaired) electrons. The fraction of sp³-hybridized carbons (Fsp3) is 0.533. The van der Waals surface area contributed by atoms with Crippen LogP contribution in [0.15, 0.2) is 30.3 Å². The molecule has 1 fully saturated rings. The molecule has 0 N–H and O–H groups in total. The number of rotatable bonds is 5. The van der Waals surface area contributed by atoms with Crippen LogP contribution in [0.3, 0.4) is 0 Å². The molecule has 0 saturated carbocycles. The van der Waals surface area contributed by atoms with E-state index in [2.05, 4.69) is 4.90 Å². The molecule has 1 aromatic carbocycles. The highest BCUT2D eigenvalue weighted by Gasteiger charge is 2.22. The van der Waals surface area contributed by atoms with E-state index in [1.807, 2.05) is 30.3 Å². The highest BCUT2D eigenvalue weighted by Crippen LogP contribution is 2.21. The van der Waals surface area contributed by atoms with Gasteiger partial charge in [0.05, 0.1) is 6.61 Å². The smallest absolute Gasteiger partial charge is 0.435 e. The average Bonchev–Trinajstić information content (AvgIpc) is 2.92. The fourth-order valence-electron chi connectivity index (χ4n) is 2.35. The molecule has 4 heteroatoms. The van der Waals surface area contributed by atoms with Gasteiger partial charge in [0.25, 0.3) is 0 Å². The lowest BCUT2D eigenvalue weighted by atomic mass is 10.1. The Hall–Kier alpha value is -1.55. The summed E-state index contributed by atoms with van der Waals surface area (Å²) in [7, 11) is 0. The molecule has 104 valence electrons. The van der Waals surface area contributed by atoms with E-state index in [9.17, 15) is 4.79 Å². The quantitative estimate of drug-likeness (QED) is 0.765. The molecule has 0 bridgehead atoms. The largest absolute Gasteiger partial charge is 0.508 e. The zero-order valence-corrected chi connectivity index (χ0v) is 11.4. The first-order valence-corrected chi connectivity index (χ1v) is 6.90. The van der Waals surface area contributed by atoms with E-state index in [0.717, 1.165) is 25.2 Å². The van der Waals surface area contributed by atoms with Gasteiger partial charge in [-0.05, 0) is 38.4 Å². The second kappa shape index (κ2) is 7.14. The van der Waals surface area contributed by atoms with Crippen LogP contribution in [0.2, 0.25) is 0 Å². The normalized spacial score (nSPS) is 17.1. The molecular formula is C15H21NO3. The molecule has 19 heavy (non-hydrogen) atoms. The zero-order chi connectivity index (χ0) is 13.5. The number of benzene rings is 1. The molecule has 1 unspecified atom stereocenters. The first-order chi connectivity index (χ1) is 9.29. The predicted molar refractivity (Wildman–Crippen MR) is 73.0 cm³/mol. The van der Waals surface area contributed by atoms with E-state index in [0.29, 0.717) is 6.61 Å². The van der Waals surface area contributed by atoms with Gasteiger partial charge in [-0.25, -0.2) is 4.79 Å². The lowest BCUT2D eigenvalue weighted by Crippen LogP contribution is -2.28. The molecule has 0 aliphatic carbocycles. The minimum absolute atomic E-state index is 0.252. The van der Waals surface area contributed by atoms with Crippen LogP contribution >= 0.6 is 0 Å². The summed E-state index contributed by atoms with van der Waals surface area (Å²) >= 11 is 0. The maximum absolute atomic E-state index is 11.5. The molecular weight excluding hydrogens is 242 g/mol. The Morgan fingerprint density at radius 2 is 1.95 bits per heavy atom. The van der Waals surface area contributed by atoms with Crippen molar-refractivity contribution in [3.63, 3.8) is 0 Å². The van der Waals surface area contributed by atoms with Crippen molar-refractivity contribution in [3.8, 4) is 0 Å². The van der Waals surface area contributed by atoms with E-state index in [1.165, 1.54) is 12.8 Å². The van der Waals surface area contributed by atoms with Crippen LogP contribution in [-0.4, -0.2) is 37.3 Å². The van der Waals surface area contributed by atoms with Gasteiger partial charge in [-0.15, -0.1) is 0 Å². The van der Waals surface area contributed by atoms with Crippen molar-refractivity contribution in [1.29, 1.82) is 0 Å². The Kier molecular flexibility index (Phi) is 5.21. The Morgan fingerprint density at radius 3 is 2.58 bits per heavy atom. The summed E-state index contributed by atoms with van der Waals surface area (Å²) in [5.41, 5.74) is 1.02. The van der Waals surface area contributed by atoms with Crippen molar-refractivity contribution in [2.75, 3.05) is 26.2 Å². The van der Waals surface area contributed by atoms with Crippen molar-refractivity contribution < 1.29 is 14.3 Å². The van der Waals surface area contributed by atoms with Gasteiger partial charge in [0.2, 0.25) is 0 Å². The molecule has 1 aliphatic rings. The van der Waals surface area contributed by atoms with Gasteiger partial charge < -0.3 is 9.47 Å². The average molecular weight is 263 g/mol. The second-order valence-electron chi connectivity index (χ2n) is 4.71. The Balaban J connectivity index is 2.01. The summed E-state index contributed by atoms with van der Waals surface area (Å²) in [6, 6.07) is 9.85. The molecule has 0 spiro atoms. The third-order valence-electron chi connectivity index (χ3n) is 3.29. The fourth-order valence-corrected chi connectivity index (χ4v) is 2.35. The number of ether oxygens (including phenoxy) is 2. The van der Waals surface area contributed by atoms with Gasteiger partial charge in [0, 0.05) is 6.54 Å². The number of hydrogen-bond donors (Lipinski definition) is 0. The lowest BCUT2D eigenvalue weighted by Gasteiger charge is -2.23. The van der Waals surface area contributed by atoms with E-state index < -0.39 is 6.16 Å².